The number of hydrogen-bond acceptors (Lipinski definition) is 6. The Morgan fingerprint density at radius 1 is 1.07 bits per heavy atom. The van der Waals surface area contributed by atoms with Crippen molar-refractivity contribution < 1.29 is 46.5 Å². The molecule has 0 aromatic heterocycles. The molecule has 0 saturated heterocycles. The van der Waals surface area contributed by atoms with Crippen LogP contribution in [0.5, 0.6) is 17.2 Å². The number of carboxylic acids is 1. The van der Waals surface area contributed by atoms with Gasteiger partial charge in [0.05, 0.1) is 26.4 Å². The molecule has 1 aliphatic rings. The van der Waals surface area contributed by atoms with Gasteiger partial charge in [0.1, 0.15) is 29.1 Å². The third-order valence-electron chi connectivity index (χ3n) is 6.62. The lowest BCUT2D eigenvalue weighted by atomic mass is 10.0. The zero-order valence-electron chi connectivity index (χ0n) is 22.6. The van der Waals surface area contributed by atoms with E-state index < -0.39 is 35.5 Å². The third kappa shape index (κ3) is 6.99. The molecule has 224 valence electrons. The van der Waals surface area contributed by atoms with Crippen molar-refractivity contribution in [1.82, 2.24) is 0 Å². The van der Waals surface area contributed by atoms with E-state index in [0.29, 0.717) is 17.1 Å². The van der Waals surface area contributed by atoms with Crippen molar-refractivity contribution in [2.75, 3.05) is 37.6 Å². The number of amides is 1. The minimum Gasteiger partial charge on any atom is -0.497 e. The summed E-state index contributed by atoms with van der Waals surface area (Å²) in [6.07, 6.45) is -4.33. The van der Waals surface area contributed by atoms with Crippen LogP contribution in [0.3, 0.4) is 0 Å². The van der Waals surface area contributed by atoms with E-state index in [0.717, 1.165) is 19.2 Å². The van der Waals surface area contributed by atoms with Crippen LogP contribution in [0, 0.1) is 5.82 Å². The van der Waals surface area contributed by atoms with Crippen LogP contribution in [0.4, 0.5) is 28.9 Å². The van der Waals surface area contributed by atoms with E-state index in [1.165, 1.54) is 42.3 Å². The summed E-state index contributed by atoms with van der Waals surface area (Å²) in [4.78, 5) is 26.0. The third-order valence-corrected chi connectivity index (χ3v) is 6.85. The highest BCUT2D eigenvalue weighted by molar-refractivity contribution is 6.30. The van der Waals surface area contributed by atoms with Gasteiger partial charge in [0.2, 0.25) is 0 Å². The number of fused-ring (bicyclic) bond motifs is 1. The quantitative estimate of drug-likeness (QED) is 0.189. The van der Waals surface area contributed by atoms with Crippen molar-refractivity contribution in [3.05, 3.63) is 76.1 Å². The lowest BCUT2D eigenvalue weighted by molar-refractivity contribution is -0.139. The van der Waals surface area contributed by atoms with Gasteiger partial charge in [-0.1, -0.05) is 17.7 Å². The Labute approximate surface area is 243 Å². The normalized spacial score (nSPS) is 13.4. The number of ether oxygens (including phenoxy) is 3. The average Bonchev–Trinajstić information content (AvgIpc) is 3.35. The zero-order valence-corrected chi connectivity index (χ0v) is 23.3. The number of methoxy groups -OCH3 is 2. The molecular weight excluding hydrogens is 584 g/mol. The maximum Gasteiger partial charge on any atom is 0.420 e. The first-order chi connectivity index (χ1) is 19.9. The fraction of sp³-hybridized carbons (Fsp3) is 0.310. The number of nitrogens with zero attached hydrogens (tertiary/aromatic N) is 1. The molecule has 13 heteroatoms. The fourth-order valence-electron chi connectivity index (χ4n) is 4.63. The van der Waals surface area contributed by atoms with Gasteiger partial charge in [-0.3, -0.25) is 9.59 Å². The number of alkyl halides is 3. The number of nitrogens with one attached hydrogen (secondary N) is 1. The lowest BCUT2D eigenvalue weighted by Gasteiger charge is -2.27. The van der Waals surface area contributed by atoms with Crippen LogP contribution in [-0.4, -0.2) is 44.4 Å². The molecule has 1 amide bonds. The predicted molar refractivity (Wildman–Crippen MR) is 147 cm³/mol. The van der Waals surface area contributed by atoms with Gasteiger partial charge in [0, 0.05) is 53.1 Å². The van der Waals surface area contributed by atoms with Gasteiger partial charge < -0.3 is 29.5 Å². The summed E-state index contributed by atoms with van der Waals surface area (Å²) in [5, 5.41) is 11.9. The van der Waals surface area contributed by atoms with E-state index in [-0.39, 0.29) is 60.1 Å². The van der Waals surface area contributed by atoms with Gasteiger partial charge in [-0.15, -0.1) is 0 Å². The molecule has 0 saturated carbocycles. The highest BCUT2D eigenvalue weighted by Gasteiger charge is 2.39. The summed E-state index contributed by atoms with van der Waals surface area (Å²) >= 11 is 5.94. The van der Waals surface area contributed by atoms with Gasteiger partial charge in [-0.25, -0.2) is 4.39 Å². The fourth-order valence-corrected chi connectivity index (χ4v) is 4.79. The van der Waals surface area contributed by atoms with Crippen LogP contribution >= 0.6 is 11.6 Å². The van der Waals surface area contributed by atoms with Crippen LogP contribution in [0.25, 0.3) is 0 Å². The molecular formula is C29H27ClF4N2O6. The number of carbonyl (C=O) groups is 2. The van der Waals surface area contributed by atoms with Gasteiger partial charge in [0.25, 0.3) is 5.91 Å². The van der Waals surface area contributed by atoms with E-state index in [4.69, 9.17) is 30.9 Å². The second-order valence-corrected chi connectivity index (χ2v) is 9.84. The molecule has 42 heavy (non-hydrogen) atoms. The molecule has 3 aromatic carbocycles. The Morgan fingerprint density at radius 3 is 2.45 bits per heavy atom. The molecule has 0 aliphatic carbocycles. The van der Waals surface area contributed by atoms with E-state index >= 15 is 4.39 Å². The molecule has 0 bridgehead atoms. The monoisotopic (exact) mass is 610 g/mol. The maximum absolute atomic E-state index is 15.2. The summed E-state index contributed by atoms with van der Waals surface area (Å²) in [7, 11) is 2.54. The average molecular weight is 611 g/mol. The number of carboxylic acid groups (broad SMARTS) is 1. The molecule has 0 fully saturated rings. The second-order valence-electron chi connectivity index (χ2n) is 9.40. The van der Waals surface area contributed by atoms with Gasteiger partial charge in [-0.2, -0.15) is 13.2 Å². The largest absolute Gasteiger partial charge is 0.497 e. The molecule has 4 rings (SSSR count). The topological polar surface area (TPSA) is 97.3 Å². The van der Waals surface area contributed by atoms with Crippen molar-refractivity contribution in [1.29, 1.82) is 0 Å². The number of aliphatic carboxylic acids is 1. The molecule has 1 heterocycles. The molecule has 0 spiro atoms. The van der Waals surface area contributed by atoms with Crippen molar-refractivity contribution in [2.45, 2.75) is 31.5 Å². The number of anilines is 2. The molecule has 2 N–H and O–H groups in total. The van der Waals surface area contributed by atoms with Crippen LogP contribution < -0.4 is 24.4 Å². The first-order valence-electron chi connectivity index (χ1n) is 12.8. The zero-order chi connectivity index (χ0) is 30.6. The summed E-state index contributed by atoms with van der Waals surface area (Å²) in [6, 6.07) is 9.08. The van der Waals surface area contributed by atoms with E-state index in [9.17, 15) is 22.8 Å². The summed E-state index contributed by atoms with van der Waals surface area (Å²) < 4.78 is 72.5. The Balaban J connectivity index is 1.72. The smallest absolute Gasteiger partial charge is 0.420 e. The van der Waals surface area contributed by atoms with Crippen molar-refractivity contribution in [2.24, 2.45) is 0 Å². The molecule has 1 atom stereocenters. The van der Waals surface area contributed by atoms with Crippen LogP contribution in [0.15, 0.2) is 48.5 Å². The Morgan fingerprint density at radius 2 is 1.81 bits per heavy atom. The molecule has 3 aromatic rings. The SMILES string of the molecule is COc1cc(NC(C(=O)N2CCc3cc(OC)c(C(F)(F)F)cc32)c2ccc(Cl)cc2F)cc(OCCCC(=O)O)c1. The standard InChI is InChI=1S/C29H27ClF4N2O6/c1-40-19-12-18(13-20(14-19)42-9-3-4-26(37)38)35-27(21-6-5-17(30)11-23(21)31)28(39)36-8-7-16-10-25(41-2)22(15-24(16)36)29(32,33)34/h5-6,10-15,27,35H,3-4,7-9H2,1-2H3,(H,37,38). The van der Waals surface area contributed by atoms with Crippen LogP contribution in [-0.2, 0) is 22.2 Å². The van der Waals surface area contributed by atoms with Gasteiger partial charge in [0.15, 0.2) is 0 Å². The van der Waals surface area contributed by atoms with Crippen LogP contribution in [0.2, 0.25) is 5.02 Å². The molecule has 8 nitrogen and oxygen atoms in total. The minimum atomic E-state index is -4.74. The number of carbonyl (C=O) groups excluding carboxylic acids is 1. The number of halogens is 5. The Bertz CT molecular complexity index is 1480. The highest BCUT2D eigenvalue weighted by Crippen LogP contribution is 2.43. The van der Waals surface area contributed by atoms with E-state index in [2.05, 4.69) is 5.32 Å². The number of hydrogen-bond donors (Lipinski definition) is 2. The summed E-state index contributed by atoms with van der Waals surface area (Å²) in [5.41, 5.74) is -0.331. The predicted octanol–water partition coefficient (Wildman–Crippen LogP) is 6.50. The first kappa shape index (κ1) is 30.8. The summed E-state index contributed by atoms with van der Waals surface area (Å²) in [5.74, 6) is -2.22. The summed E-state index contributed by atoms with van der Waals surface area (Å²) in [6.45, 7) is 0.144. The number of benzene rings is 3. The van der Waals surface area contributed by atoms with Crippen molar-refractivity contribution in [3.63, 3.8) is 0 Å². The van der Waals surface area contributed by atoms with Crippen molar-refractivity contribution in [3.8, 4) is 17.2 Å². The highest BCUT2D eigenvalue weighted by atomic mass is 35.5. The van der Waals surface area contributed by atoms with Crippen molar-refractivity contribution >= 4 is 34.9 Å². The van der Waals surface area contributed by atoms with Gasteiger partial charge >= 0.3 is 12.1 Å². The van der Waals surface area contributed by atoms with E-state index in [1.807, 2.05) is 0 Å². The van der Waals surface area contributed by atoms with E-state index in [1.54, 1.807) is 6.07 Å². The molecule has 0 radical (unpaired) electrons. The van der Waals surface area contributed by atoms with Gasteiger partial charge in [-0.05, 0) is 42.7 Å². The lowest BCUT2D eigenvalue weighted by Crippen LogP contribution is -2.37. The van der Waals surface area contributed by atoms with Crippen LogP contribution in [0.1, 0.15) is 35.6 Å². The molecule has 1 unspecified atom stereocenters. The number of rotatable bonds is 11. The second kappa shape index (κ2) is 12.8. The Hall–Kier alpha value is -4.19. The Kier molecular flexibility index (Phi) is 9.35. The molecule has 1 aliphatic heterocycles. The first-order valence-corrected chi connectivity index (χ1v) is 13.1. The minimum absolute atomic E-state index is 0.0439. The maximum atomic E-state index is 15.2.